The molecule has 0 saturated carbocycles. The number of aryl methyl sites for hydroxylation is 2. The van der Waals surface area contributed by atoms with Gasteiger partial charge in [0.1, 0.15) is 0 Å². The van der Waals surface area contributed by atoms with Crippen LogP contribution < -0.4 is 10.2 Å². The third kappa shape index (κ3) is 4.08. The van der Waals surface area contributed by atoms with E-state index in [1.807, 2.05) is 87.5 Å². The molecule has 34 heavy (non-hydrogen) atoms. The Morgan fingerprint density at radius 3 is 2.29 bits per heavy atom. The lowest BCUT2D eigenvalue weighted by atomic mass is 9.94. The van der Waals surface area contributed by atoms with Crippen LogP contribution in [0, 0.1) is 13.8 Å². The Kier molecular flexibility index (Phi) is 5.67. The van der Waals surface area contributed by atoms with E-state index in [0.717, 1.165) is 27.9 Å². The summed E-state index contributed by atoms with van der Waals surface area (Å²) < 4.78 is 5.75. The van der Waals surface area contributed by atoms with E-state index in [4.69, 9.17) is 21.1 Å². The average Bonchev–Trinajstić information content (AvgIpc) is 3.30. The van der Waals surface area contributed by atoms with Crippen molar-refractivity contribution in [1.82, 2.24) is 15.5 Å². The number of nitrogens with one attached hydrogen (secondary N) is 1. The molecule has 0 saturated heterocycles. The zero-order valence-electron chi connectivity index (χ0n) is 19.0. The summed E-state index contributed by atoms with van der Waals surface area (Å²) in [5, 5.41) is 7.90. The number of benzene rings is 3. The van der Waals surface area contributed by atoms with Crippen molar-refractivity contribution in [3.63, 3.8) is 0 Å². The molecule has 0 spiro atoms. The maximum absolute atomic E-state index is 13.3. The highest BCUT2D eigenvalue weighted by atomic mass is 35.5. The van der Waals surface area contributed by atoms with Crippen LogP contribution in [0.25, 0.3) is 17.0 Å². The third-order valence-corrected chi connectivity index (χ3v) is 6.16. The van der Waals surface area contributed by atoms with Crippen LogP contribution in [0.3, 0.4) is 0 Å². The Balaban J connectivity index is 1.65. The summed E-state index contributed by atoms with van der Waals surface area (Å²) in [7, 11) is 0. The SMILES string of the molecule is CC1=C(c2nc(-c3ccc(C)cc3)no2)C(c2cccc(Cl)c2)NC(=O)N1c1ccc(C)cc1. The van der Waals surface area contributed by atoms with Crippen LogP contribution in [-0.4, -0.2) is 16.2 Å². The molecule has 5 rings (SSSR count). The van der Waals surface area contributed by atoms with Crippen molar-refractivity contribution < 1.29 is 9.32 Å². The average molecular weight is 471 g/mol. The van der Waals surface area contributed by atoms with Crippen molar-refractivity contribution in [2.24, 2.45) is 0 Å². The van der Waals surface area contributed by atoms with E-state index in [1.54, 1.807) is 11.0 Å². The highest BCUT2D eigenvalue weighted by Crippen LogP contribution is 2.39. The zero-order chi connectivity index (χ0) is 23.8. The van der Waals surface area contributed by atoms with Crippen molar-refractivity contribution in [2.45, 2.75) is 26.8 Å². The van der Waals surface area contributed by atoms with Crippen molar-refractivity contribution in [2.75, 3.05) is 4.90 Å². The summed E-state index contributed by atoms with van der Waals surface area (Å²) in [6.45, 7) is 5.93. The molecule has 0 aliphatic carbocycles. The highest BCUT2D eigenvalue weighted by molar-refractivity contribution is 6.30. The van der Waals surface area contributed by atoms with Crippen LogP contribution in [0.4, 0.5) is 10.5 Å². The van der Waals surface area contributed by atoms with E-state index in [1.165, 1.54) is 0 Å². The molecule has 4 aromatic rings. The van der Waals surface area contributed by atoms with Crippen LogP contribution in [-0.2, 0) is 0 Å². The number of aromatic nitrogens is 2. The topological polar surface area (TPSA) is 71.3 Å². The normalized spacial score (nSPS) is 16.1. The van der Waals surface area contributed by atoms with Gasteiger partial charge in [-0.2, -0.15) is 4.98 Å². The number of amides is 2. The van der Waals surface area contributed by atoms with Gasteiger partial charge in [0.2, 0.25) is 5.82 Å². The lowest BCUT2D eigenvalue weighted by Crippen LogP contribution is -2.46. The lowest BCUT2D eigenvalue weighted by molar-refractivity contribution is 0.244. The van der Waals surface area contributed by atoms with Gasteiger partial charge in [-0.05, 0) is 50.6 Å². The minimum Gasteiger partial charge on any atom is -0.334 e. The van der Waals surface area contributed by atoms with Crippen molar-refractivity contribution in [1.29, 1.82) is 0 Å². The van der Waals surface area contributed by atoms with Crippen molar-refractivity contribution >= 4 is 28.9 Å². The first kappa shape index (κ1) is 21.9. The molecule has 1 atom stereocenters. The molecule has 2 heterocycles. The molecule has 0 bridgehead atoms. The molecule has 0 fully saturated rings. The quantitative estimate of drug-likeness (QED) is 0.360. The van der Waals surface area contributed by atoms with E-state index in [2.05, 4.69) is 10.5 Å². The van der Waals surface area contributed by atoms with Gasteiger partial charge in [-0.25, -0.2) is 4.79 Å². The minimum atomic E-state index is -0.501. The number of carbonyl (C=O) groups is 1. The van der Waals surface area contributed by atoms with Gasteiger partial charge in [0.05, 0.1) is 17.3 Å². The molecule has 3 aromatic carbocycles. The molecule has 1 aromatic heterocycles. The number of urea groups is 1. The van der Waals surface area contributed by atoms with Gasteiger partial charge >= 0.3 is 6.03 Å². The molecule has 1 N–H and O–H groups in total. The van der Waals surface area contributed by atoms with Gasteiger partial charge in [0, 0.05) is 16.3 Å². The summed E-state index contributed by atoms with van der Waals surface area (Å²) in [4.78, 5) is 19.6. The van der Waals surface area contributed by atoms with Gasteiger partial charge < -0.3 is 9.84 Å². The maximum atomic E-state index is 13.3. The second-order valence-corrected chi connectivity index (χ2v) is 8.83. The van der Waals surface area contributed by atoms with Gasteiger partial charge in [0.25, 0.3) is 5.89 Å². The second kappa shape index (κ2) is 8.80. The molecule has 0 radical (unpaired) electrons. The first-order valence-electron chi connectivity index (χ1n) is 11.0. The summed E-state index contributed by atoms with van der Waals surface area (Å²) in [5.74, 6) is 0.828. The van der Waals surface area contributed by atoms with E-state index >= 15 is 0 Å². The minimum absolute atomic E-state index is 0.242. The van der Waals surface area contributed by atoms with E-state index < -0.39 is 6.04 Å². The smallest absolute Gasteiger partial charge is 0.326 e. The number of nitrogens with zero attached hydrogens (tertiary/aromatic N) is 3. The van der Waals surface area contributed by atoms with Crippen LogP contribution in [0.15, 0.2) is 83.0 Å². The van der Waals surface area contributed by atoms with E-state index in [-0.39, 0.29) is 6.03 Å². The van der Waals surface area contributed by atoms with Gasteiger partial charge in [-0.3, -0.25) is 4.90 Å². The second-order valence-electron chi connectivity index (χ2n) is 8.40. The standard InChI is InChI=1S/C27H23ClN4O2/c1-16-7-11-19(12-8-16)25-30-26(34-31-25)23-18(3)32(22-13-9-17(2)10-14-22)27(33)29-24(23)20-5-4-6-21(28)15-20/h4-15,24H,1-3H3,(H,29,33). The Bertz CT molecular complexity index is 1390. The number of hydrogen-bond acceptors (Lipinski definition) is 4. The number of halogens is 1. The Morgan fingerprint density at radius 1 is 0.941 bits per heavy atom. The molecular weight excluding hydrogens is 448 g/mol. The molecule has 170 valence electrons. The number of carbonyl (C=O) groups excluding carboxylic acids is 1. The predicted octanol–water partition coefficient (Wildman–Crippen LogP) is 6.71. The fourth-order valence-corrected chi connectivity index (χ4v) is 4.31. The summed E-state index contributed by atoms with van der Waals surface area (Å²) in [5.41, 5.74) is 6.11. The molecule has 1 unspecified atom stereocenters. The van der Waals surface area contributed by atoms with Gasteiger partial charge in [-0.1, -0.05) is 76.4 Å². The van der Waals surface area contributed by atoms with Gasteiger partial charge in [0.15, 0.2) is 0 Å². The first-order chi connectivity index (χ1) is 16.4. The zero-order valence-corrected chi connectivity index (χ0v) is 19.8. The monoisotopic (exact) mass is 470 g/mol. The number of allylic oxidation sites excluding steroid dienone is 1. The summed E-state index contributed by atoms with van der Waals surface area (Å²) in [6.07, 6.45) is 0. The van der Waals surface area contributed by atoms with Crippen molar-refractivity contribution in [3.8, 4) is 11.4 Å². The highest BCUT2D eigenvalue weighted by Gasteiger charge is 2.36. The third-order valence-electron chi connectivity index (χ3n) is 5.93. The van der Waals surface area contributed by atoms with Crippen LogP contribution in [0.5, 0.6) is 0 Å². The summed E-state index contributed by atoms with van der Waals surface area (Å²) >= 11 is 6.28. The fraction of sp³-hybridized carbons (Fsp3) is 0.148. The van der Waals surface area contributed by atoms with Crippen LogP contribution in [0.2, 0.25) is 5.02 Å². The molecule has 1 aliphatic rings. The fourth-order valence-electron chi connectivity index (χ4n) is 4.11. The number of hydrogen-bond donors (Lipinski definition) is 1. The van der Waals surface area contributed by atoms with Crippen molar-refractivity contribution in [3.05, 3.63) is 106 Å². The Morgan fingerprint density at radius 2 is 1.62 bits per heavy atom. The molecule has 2 amide bonds. The Labute approximate surface area is 202 Å². The molecule has 7 heteroatoms. The van der Waals surface area contributed by atoms with E-state index in [9.17, 15) is 4.79 Å². The number of rotatable bonds is 4. The predicted molar refractivity (Wildman–Crippen MR) is 133 cm³/mol. The molecule has 6 nitrogen and oxygen atoms in total. The molecule has 1 aliphatic heterocycles. The number of anilines is 1. The summed E-state index contributed by atoms with van der Waals surface area (Å²) in [6, 6.07) is 22.4. The van der Waals surface area contributed by atoms with Crippen LogP contribution >= 0.6 is 11.6 Å². The van der Waals surface area contributed by atoms with E-state index in [0.29, 0.717) is 28.0 Å². The first-order valence-corrected chi connectivity index (χ1v) is 11.3. The lowest BCUT2D eigenvalue weighted by Gasteiger charge is -2.35. The maximum Gasteiger partial charge on any atom is 0.326 e. The van der Waals surface area contributed by atoms with Crippen LogP contribution in [0.1, 0.15) is 35.5 Å². The van der Waals surface area contributed by atoms with Gasteiger partial charge in [-0.15, -0.1) is 0 Å². The Hall–Kier alpha value is -3.90. The molecular formula is C27H23ClN4O2. The largest absolute Gasteiger partial charge is 0.334 e.